The summed E-state index contributed by atoms with van der Waals surface area (Å²) in [5.74, 6) is 0.313. The van der Waals surface area contributed by atoms with Gasteiger partial charge in [-0.15, -0.1) is 11.3 Å². The van der Waals surface area contributed by atoms with Gasteiger partial charge in [0.1, 0.15) is 5.75 Å². The fourth-order valence-electron chi connectivity index (χ4n) is 2.44. The van der Waals surface area contributed by atoms with Crippen molar-refractivity contribution in [1.29, 1.82) is 0 Å². The zero-order chi connectivity index (χ0) is 14.1. The van der Waals surface area contributed by atoms with Gasteiger partial charge in [0, 0.05) is 21.3 Å². The van der Waals surface area contributed by atoms with Gasteiger partial charge in [-0.1, -0.05) is 24.3 Å². The summed E-state index contributed by atoms with van der Waals surface area (Å²) in [7, 11) is 0. The lowest BCUT2D eigenvalue weighted by Gasteiger charge is -2.16. The normalized spacial score (nSPS) is 12.5. The van der Waals surface area contributed by atoms with Crippen LogP contribution in [0.15, 0.2) is 41.9 Å². The molecule has 102 valence electrons. The number of anilines is 1. The van der Waals surface area contributed by atoms with Crippen molar-refractivity contribution < 1.29 is 5.11 Å². The summed E-state index contributed by atoms with van der Waals surface area (Å²) < 4.78 is 0. The number of nitrogens with one attached hydrogen (secondary N) is 1. The summed E-state index contributed by atoms with van der Waals surface area (Å²) in [6.45, 7) is 4.15. The molecule has 1 aromatic heterocycles. The molecule has 4 heteroatoms. The number of aryl methyl sites for hydroxylation is 1. The zero-order valence-electron chi connectivity index (χ0n) is 11.4. The Morgan fingerprint density at radius 1 is 1.15 bits per heavy atom. The van der Waals surface area contributed by atoms with E-state index < -0.39 is 0 Å². The molecule has 0 saturated heterocycles. The van der Waals surface area contributed by atoms with Gasteiger partial charge in [0.15, 0.2) is 0 Å². The number of hydrogen-bond donors (Lipinski definition) is 2. The molecule has 0 spiro atoms. The van der Waals surface area contributed by atoms with Crippen LogP contribution in [0.3, 0.4) is 0 Å². The summed E-state index contributed by atoms with van der Waals surface area (Å²) >= 11 is 1.66. The Kier molecular flexibility index (Phi) is 3.32. The molecule has 0 saturated carbocycles. The first-order valence-electron chi connectivity index (χ1n) is 6.54. The molecule has 3 nitrogen and oxygen atoms in total. The van der Waals surface area contributed by atoms with Crippen LogP contribution in [0.1, 0.15) is 23.5 Å². The van der Waals surface area contributed by atoms with Crippen molar-refractivity contribution in [2.75, 3.05) is 5.32 Å². The maximum absolute atomic E-state index is 9.92. The highest BCUT2D eigenvalue weighted by Crippen LogP contribution is 2.32. The van der Waals surface area contributed by atoms with Gasteiger partial charge in [-0.05, 0) is 26.0 Å². The van der Waals surface area contributed by atoms with Gasteiger partial charge in [0.25, 0.3) is 0 Å². The highest BCUT2D eigenvalue weighted by molar-refractivity contribution is 7.09. The van der Waals surface area contributed by atoms with Gasteiger partial charge < -0.3 is 10.4 Å². The largest absolute Gasteiger partial charge is 0.507 e. The lowest BCUT2D eigenvalue weighted by atomic mass is 10.1. The fourth-order valence-corrected chi connectivity index (χ4v) is 3.26. The zero-order valence-corrected chi connectivity index (χ0v) is 12.2. The number of phenolic OH excluding ortho intramolecular Hbond substituents is 1. The van der Waals surface area contributed by atoms with E-state index in [2.05, 4.69) is 17.2 Å². The molecular weight excluding hydrogens is 268 g/mol. The van der Waals surface area contributed by atoms with E-state index in [0.29, 0.717) is 5.75 Å². The van der Waals surface area contributed by atoms with E-state index in [-0.39, 0.29) is 6.04 Å². The lowest BCUT2D eigenvalue weighted by Crippen LogP contribution is -2.06. The molecule has 3 rings (SSSR count). The van der Waals surface area contributed by atoms with Gasteiger partial charge in [0.05, 0.1) is 17.2 Å². The molecule has 1 unspecified atom stereocenters. The van der Waals surface area contributed by atoms with Crippen molar-refractivity contribution in [3.05, 3.63) is 52.5 Å². The molecule has 0 aliphatic rings. The van der Waals surface area contributed by atoms with Crippen molar-refractivity contribution in [2.24, 2.45) is 0 Å². The second-order valence-electron chi connectivity index (χ2n) is 4.85. The van der Waals surface area contributed by atoms with Crippen molar-refractivity contribution in [3.8, 4) is 5.75 Å². The summed E-state index contributed by atoms with van der Waals surface area (Å²) in [4.78, 5) is 5.53. The van der Waals surface area contributed by atoms with E-state index in [4.69, 9.17) is 0 Å². The van der Waals surface area contributed by atoms with E-state index >= 15 is 0 Å². The molecule has 0 aliphatic heterocycles. The molecule has 3 aromatic rings. The monoisotopic (exact) mass is 284 g/mol. The van der Waals surface area contributed by atoms with Crippen molar-refractivity contribution in [3.63, 3.8) is 0 Å². The van der Waals surface area contributed by atoms with Crippen LogP contribution in [0, 0.1) is 6.92 Å². The molecule has 0 radical (unpaired) electrons. The highest BCUT2D eigenvalue weighted by Gasteiger charge is 2.12. The molecule has 0 bridgehead atoms. The molecular formula is C16H16N2OS. The van der Waals surface area contributed by atoms with E-state index in [1.54, 1.807) is 17.4 Å². The van der Waals surface area contributed by atoms with Crippen molar-refractivity contribution >= 4 is 27.8 Å². The number of fused-ring (bicyclic) bond motifs is 1. The number of thiazole rings is 1. The Hall–Kier alpha value is -2.07. The standard InChI is InChI=1S/C16H16N2OS/c1-10-16(20-9-17-10)11(2)18-14-7-3-6-13-12(14)5-4-8-15(13)19/h3-9,11,18-19H,1-2H3. The Bertz CT molecular complexity index is 751. The van der Waals surface area contributed by atoms with Gasteiger partial charge in [-0.3, -0.25) is 0 Å². The Balaban J connectivity index is 1.99. The topological polar surface area (TPSA) is 45.2 Å². The Labute approximate surface area is 121 Å². The first-order valence-corrected chi connectivity index (χ1v) is 7.42. The van der Waals surface area contributed by atoms with Gasteiger partial charge in [-0.25, -0.2) is 4.98 Å². The fraction of sp³-hybridized carbons (Fsp3) is 0.188. The van der Waals surface area contributed by atoms with E-state index in [1.165, 1.54) is 4.88 Å². The van der Waals surface area contributed by atoms with Gasteiger partial charge >= 0.3 is 0 Å². The van der Waals surface area contributed by atoms with E-state index in [1.807, 2.05) is 42.8 Å². The lowest BCUT2D eigenvalue weighted by molar-refractivity contribution is 0.481. The maximum Gasteiger partial charge on any atom is 0.123 e. The summed E-state index contributed by atoms with van der Waals surface area (Å²) in [6.07, 6.45) is 0. The quantitative estimate of drug-likeness (QED) is 0.745. The van der Waals surface area contributed by atoms with Crippen LogP contribution in [0.5, 0.6) is 5.75 Å². The van der Waals surface area contributed by atoms with Gasteiger partial charge in [-0.2, -0.15) is 0 Å². The summed E-state index contributed by atoms with van der Waals surface area (Å²) in [6, 6.07) is 11.7. The van der Waals surface area contributed by atoms with E-state index in [0.717, 1.165) is 22.2 Å². The Morgan fingerprint density at radius 3 is 2.65 bits per heavy atom. The van der Waals surface area contributed by atoms with Crippen LogP contribution in [0.25, 0.3) is 10.8 Å². The minimum absolute atomic E-state index is 0.190. The van der Waals surface area contributed by atoms with Crippen LogP contribution in [0.4, 0.5) is 5.69 Å². The molecule has 1 atom stereocenters. The number of rotatable bonds is 3. The molecule has 2 aromatic carbocycles. The molecule has 2 N–H and O–H groups in total. The Morgan fingerprint density at radius 2 is 1.90 bits per heavy atom. The molecule has 20 heavy (non-hydrogen) atoms. The number of benzene rings is 2. The van der Waals surface area contributed by atoms with Crippen LogP contribution in [-0.2, 0) is 0 Å². The smallest absolute Gasteiger partial charge is 0.123 e. The van der Waals surface area contributed by atoms with E-state index in [9.17, 15) is 5.11 Å². The number of nitrogens with zero attached hydrogens (tertiary/aromatic N) is 1. The molecule has 0 fully saturated rings. The predicted octanol–water partition coefficient (Wildman–Crippen LogP) is 4.48. The molecule has 1 heterocycles. The second-order valence-corrected chi connectivity index (χ2v) is 5.73. The second kappa shape index (κ2) is 5.13. The summed E-state index contributed by atoms with van der Waals surface area (Å²) in [5, 5.41) is 15.3. The summed E-state index contributed by atoms with van der Waals surface area (Å²) in [5.41, 5.74) is 3.97. The third-order valence-electron chi connectivity index (χ3n) is 3.45. The highest BCUT2D eigenvalue weighted by atomic mass is 32.1. The number of aromatic hydroxyl groups is 1. The average molecular weight is 284 g/mol. The minimum atomic E-state index is 0.190. The number of aromatic nitrogens is 1. The number of hydrogen-bond acceptors (Lipinski definition) is 4. The maximum atomic E-state index is 9.92. The molecule has 0 aliphatic carbocycles. The average Bonchev–Trinajstić information content (AvgIpc) is 2.86. The van der Waals surface area contributed by atoms with Crippen LogP contribution < -0.4 is 5.32 Å². The third-order valence-corrected chi connectivity index (χ3v) is 4.56. The predicted molar refractivity (Wildman–Crippen MR) is 84.5 cm³/mol. The van der Waals surface area contributed by atoms with Crippen LogP contribution >= 0.6 is 11.3 Å². The van der Waals surface area contributed by atoms with Crippen molar-refractivity contribution in [2.45, 2.75) is 19.9 Å². The molecule has 0 amide bonds. The SMILES string of the molecule is Cc1ncsc1C(C)Nc1cccc2c(O)cccc12. The van der Waals surface area contributed by atoms with Gasteiger partial charge in [0.2, 0.25) is 0 Å². The first-order chi connectivity index (χ1) is 9.66. The van der Waals surface area contributed by atoms with Crippen LogP contribution in [-0.4, -0.2) is 10.1 Å². The minimum Gasteiger partial charge on any atom is -0.507 e. The van der Waals surface area contributed by atoms with Crippen molar-refractivity contribution in [1.82, 2.24) is 4.98 Å². The first kappa shape index (κ1) is 12.9. The third kappa shape index (κ3) is 2.23. The number of phenols is 1. The van der Waals surface area contributed by atoms with Crippen LogP contribution in [0.2, 0.25) is 0 Å².